The molecule has 0 amide bonds. The number of aromatic amines is 1. The molecule has 1 aliphatic rings. The van der Waals surface area contributed by atoms with Crippen molar-refractivity contribution < 1.29 is 0 Å². The molecule has 1 aromatic heterocycles. The summed E-state index contributed by atoms with van der Waals surface area (Å²) in [6.07, 6.45) is 4.61. The van der Waals surface area contributed by atoms with Crippen LogP contribution in [0.4, 0.5) is 0 Å². The van der Waals surface area contributed by atoms with Gasteiger partial charge in [-0.1, -0.05) is 17.7 Å². The summed E-state index contributed by atoms with van der Waals surface area (Å²) in [4.78, 5) is 2.54. The first-order valence-corrected chi connectivity index (χ1v) is 7.05. The summed E-state index contributed by atoms with van der Waals surface area (Å²) < 4.78 is 0. The van der Waals surface area contributed by atoms with Crippen molar-refractivity contribution in [2.45, 2.75) is 33.2 Å². The standard InChI is InChI=1S/C16H21N3/c1-12-7-14(11-19-5-3-4-6-19)9-15(8-12)16-10-17-18-13(16)2/h7-10H,3-6,11H2,1-2H3,(H,17,18). The maximum atomic E-state index is 4.13. The highest BCUT2D eigenvalue weighted by molar-refractivity contribution is 5.66. The summed E-state index contributed by atoms with van der Waals surface area (Å²) in [5, 5.41) is 7.14. The SMILES string of the molecule is Cc1cc(CN2CCCC2)cc(-c2cn[nH]c2C)c1. The molecule has 1 N–H and O–H groups in total. The molecule has 1 aliphatic heterocycles. The van der Waals surface area contributed by atoms with Crippen LogP contribution in [0.15, 0.2) is 24.4 Å². The summed E-state index contributed by atoms with van der Waals surface area (Å²) >= 11 is 0. The normalized spacial score (nSPS) is 16.1. The zero-order valence-corrected chi connectivity index (χ0v) is 11.7. The van der Waals surface area contributed by atoms with Crippen LogP contribution in [0.3, 0.4) is 0 Å². The fourth-order valence-corrected chi connectivity index (χ4v) is 2.95. The van der Waals surface area contributed by atoms with Crippen LogP contribution in [-0.4, -0.2) is 28.2 Å². The van der Waals surface area contributed by atoms with E-state index in [-0.39, 0.29) is 0 Å². The third-order valence-corrected chi connectivity index (χ3v) is 3.88. The second kappa shape index (κ2) is 5.17. The van der Waals surface area contributed by atoms with Gasteiger partial charge in [-0.2, -0.15) is 5.10 Å². The predicted molar refractivity (Wildman–Crippen MR) is 78.0 cm³/mol. The number of hydrogen-bond donors (Lipinski definition) is 1. The number of aryl methyl sites for hydroxylation is 2. The first kappa shape index (κ1) is 12.4. The van der Waals surface area contributed by atoms with Gasteiger partial charge in [-0.05, 0) is 57.0 Å². The molecule has 0 radical (unpaired) electrons. The molecule has 0 saturated carbocycles. The van der Waals surface area contributed by atoms with Crippen molar-refractivity contribution >= 4 is 0 Å². The fraction of sp³-hybridized carbons (Fsp3) is 0.438. The van der Waals surface area contributed by atoms with Gasteiger partial charge in [0.2, 0.25) is 0 Å². The van der Waals surface area contributed by atoms with E-state index in [2.05, 4.69) is 47.1 Å². The van der Waals surface area contributed by atoms with Crippen LogP contribution in [0.2, 0.25) is 0 Å². The highest BCUT2D eigenvalue weighted by Crippen LogP contribution is 2.25. The molecule has 1 aromatic carbocycles. The highest BCUT2D eigenvalue weighted by Gasteiger charge is 2.13. The van der Waals surface area contributed by atoms with E-state index in [4.69, 9.17) is 0 Å². The van der Waals surface area contributed by atoms with Gasteiger partial charge in [-0.25, -0.2) is 0 Å². The maximum absolute atomic E-state index is 4.13. The lowest BCUT2D eigenvalue weighted by atomic mass is 10.0. The lowest BCUT2D eigenvalue weighted by molar-refractivity contribution is 0.331. The van der Waals surface area contributed by atoms with Gasteiger partial charge < -0.3 is 0 Å². The minimum Gasteiger partial charge on any atom is -0.299 e. The molecule has 3 nitrogen and oxygen atoms in total. The Labute approximate surface area is 114 Å². The van der Waals surface area contributed by atoms with Gasteiger partial charge in [0.25, 0.3) is 0 Å². The Morgan fingerprint density at radius 1 is 1.16 bits per heavy atom. The predicted octanol–water partition coefficient (Wildman–Crippen LogP) is 3.29. The topological polar surface area (TPSA) is 31.9 Å². The Morgan fingerprint density at radius 2 is 1.95 bits per heavy atom. The van der Waals surface area contributed by atoms with E-state index in [0.29, 0.717) is 0 Å². The van der Waals surface area contributed by atoms with E-state index in [9.17, 15) is 0 Å². The molecule has 19 heavy (non-hydrogen) atoms. The third kappa shape index (κ3) is 2.71. The molecular formula is C16H21N3. The molecule has 0 spiro atoms. The van der Waals surface area contributed by atoms with E-state index in [0.717, 1.165) is 12.2 Å². The van der Waals surface area contributed by atoms with Crippen LogP contribution in [0.1, 0.15) is 29.7 Å². The molecule has 0 bridgehead atoms. The Hall–Kier alpha value is -1.61. The van der Waals surface area contributed by atoms with Gasteiger partial charge in [0.05, 0.1) is 6.20 Å². The molecule has 0 atom stereocenters. The highest BCUT2D eigenvalue weighted by atomic mass is 15.1. The molecule has 1 fully saturated rings. The quantitative estimate of drug-likeness (QED) is 0.912. The summed E-state index contributed by atoms with van der Waals surface area (Å²) in [7, 11) is 0. The number of hydrogen-bond acceptors (Lipinski definition) is 2. The smallest absolute Gasteiger partial charge is 0.0568 e. The van der Waals surface area contributed by atoms with Crippen molar-refractivity contribution in [1.82, 2.24) is 15.1 Å². The van der Waals surface area contributed by atoms with E-state index >= 15 is 0 Å². The molecule has 1 saturated heterocycles. The Balaban J connectivity index is 1.89. The molecule has 2 aromatic rings. The Morgan fingerprint density at radius 3 is 2.63 bits per heavy atom. The van der Waals surface area contributed by atoms with Crippen LogP contribution in [0, 0.1) is 13.8 Å². The van der Waals surface area contributed by atoms with Gasteiger partial charge >= 0.3 is 0 Å². The third-order valence-electron chi connectivity index (χ3n) is 3.88. The molecule has 0 unspecified atom stereocenters. The summed E-state index contributed by atoms with van der Waals surface area (Å²) in [5.74, 6) is 0. The lowest BCUT2D eigenvalue weighted by Gasteiger charge is -2.16. The van der Waals surface area contributed by atoms with Gasteiger partial charge in [0.15, 0.2) is 0 Å². The number of H-pyrrole nitrogens is 1. The van der Waals surface area contributed by atoms with Crippen molar-refractivity contribution in [3.63, 3.8) is 0 Å². The number of likely N-dealkylation sites (tertiary alicyclic amines) is 1. The first-order chi connectivity index (χ1) is 9.22. The second-order valence-electron chi connectivity index (χ2n) is 5.60. The zero-order chi connectivity index (χ0) is 13.2. The van der Waals surface area contributed by atoms with E-state index in [1.807, 2.05) is 6.20 Å². The van der Waals surface area contributed by atoms with Gasteiger partial charge in [0, 0.05) is 17.8 Å². The Kier molecular flexibility index (Phi) is 3.38. The van der Waals surface area contributed by atoms with E-state index in [1.54, 1.807) is 0 Å². The minimum absolute atomic E-state index is 1.07. The van der Waals surface area contributed by atoms with E-state index in [1.165, 1.54) is 48.2 Å². The van der Waals surface area contributed by atoms with Crippen molar-refractivity contribution in [3.05, 3.63) is 41.2 Å². The molecular weight excluding hydrogens is 234 g/mol. The first-order valence-electron chi connectivity index (χ1n) is 7.05. The minimum atomic E-state index is 1.07. The average Bonchev–Trinajstić information content (AvgIpc) is 2.99. The van der Waals surface area contributed by atoms with Crippen LogP contribution in [0.25, 0.3) is 11.1 Å². The van der Waals surface area contributed by atoms with E-state index < -0.39 is 0 Å². The van der Waals surface area contributed by atoms with Crippen molar-refractivity contribution in [1.29, 1.82) is 0 Å². The largest absolute Gasteiger partial charge is 0.299 e. The monoisotopic (exact) mass is 255 g/mol. The van der Waals surface area contributed by atoms with Gasteiger partial charge in [-0.15, -0.1) is 0 Å². The van der Waals surface area contributed by atoms with Crippen LogP contribution in [-0.2, 0) is 6.54 Å². The summed E-state index contributed by atoms with van der Waals surface area (Å²) in [6.45, 7) is 7.81. The second-order valence-corrected chi connectivity index (χ2v) is 5.60. The zero-order valence-electron chi connectivity index (χ0n) is 11.7. The molecule has 3 heteroatoms. The van der Waals surface area contributed by atoms with Crippen molar-refractivity contribution in [2.75, 3.05) is 13.1 Å². The number of benzene rings is 1. The number of rotatable bonds is 3. The summed E-state index contributed by atoms with van der Waals surface area (Å²) in [6, 6.07) is 6.85. The fourth-order valence-electron chi connectivity index (χ4n) is 2.95. The van der Waals surface area contributed by atoms with Crippen molar-refractivity contribution in [2.24, 2.45) is 0 Å². The van der Waals surface area contributed by atoms with Gasteiger partial charge in [-0.3, -0.25) is 10.00 Å². The lowest BCUT2D eigenvalue weighted by Crippen LogP contribution is -2.18. The number of nitrogens with zero attached hydrogens (tertiary/aromatic N) is 2. The maximum Gasteiger partial charge on any atom is 0.0568 e. The molecule has 100 valence electrons. The molecule has 2 heterocycles. The van der Waals surface area contributed by atoms with Crippen LogP contribution < -0.4 is 0 Å². The number of aromatic nitrogens is 2. The van der Waals surface area contributed by atoms with Crippen molar-refractivity contribution in [3.8, 4) is 11.1 Å². The molecule has 0 aliphatic carbocycles. The summed E-state index contributed by atoms with van der Waals surface area (Å²) in [5.41, 5.74) is 6.37. The average molecular weight is 255 g/mol. The Bertz CT molecular complexity index is 565. The molecule has 3 rings (SSSR count). The number of nitrogens with one attached hydrogen (secondary N) is 1. The van der Waals surface area contributed by atoms with Crippen LogP contribution in [0.5, 0.6) is 0 Å². The van der Waals surface area contributed by atoms with Crippen LogP contribution >= 0.6 is 0 Å². The van der Waals surface area contributed by atoms with Gasteiger partial charge in [0.1, 0.15) is 0 Å².